The Morgan fingerprint density at radius 3 is 2.30 bits per heavy atom. The molecule has 0 aliphatic heterocycles. The summed E-state index contributed by atoms with van der Waals surface area (Å²) in [7, 11) is 0. The number of hydrogen-bond donors (Lipinski definition) is 2. The third kappa shape index (κ3) is 5.08. The normalized spacial score (nSPS) is 22.6. The van der Waals surface area contributed by atoms with Crippen LogP contribution in [0.2, 0.25) is 0 Å². The number of hydrogen-bond acceptors (Lipinski definition) is 2. The summed E-state index contributed by atoms with van der Waals surface area (Å²) in [5, 5.41) is 12.3. The van der Waals surface area contributed by atoms with Gasteiger partial charge in [0.15, 0.2) is 0 Å². The molecular formula is C19H27NO3. The van der Waals surface area contributed by atoms with Gasteiger partial charge in [0.25, 0.3) is 0 Å². The first-order chi connectivity index (χ1) is 10.8. The van der Waals surface area contributed by atoms with Crippen molar-refractivity contribution in [2.75, 3.05) is 0 Å². The van der Waals surface area contributed by atoms with Crippen molar-refractivity contribution in [1.82, 2.24) is 5.32 Å². The first kappa shape index (κ1) is 17.5. The second-order valence-corrected chi connectivity index (χ2v) is 7.78. The van der Waals surface area contributed by atoms with Gasteiger partial charge >= 0.3 is 5.97 Å². The van der Waals surface area contributed by atoms with E-state index in [4.69, 9.17) is 5.11 Å². The van der Waals surface area contributed by atoms with Crippen molar-refractivity contribution in [3.63, 3.8) is 0 Å². The van der Waals surface area contributed by atoms with Crippen molar-refractivity contribution in [2.24, 2.45) is 17.3 Å². The Balaban J connectivity index is 2.06. The predicted molar refractivity (Wildman–Crippen MR) is 89.9 cm³/mol. The van der Waals surface area contributed by atoms with Gasteiger partial charge in [0.1, 0.15) is 0 Å². The van der Waals surface area contributed by atoms with E-state index >= 15 is 0 Å². The summed E-state index contributed by atoms with van der Waals surface area (Å²) in [4.78, 5) is 23.6. The molecule has 1 aromatic rings. The zero-order valence-corrected chi connectivity index (χ0v) is 14.2. The maximum absolute atomic E-state index is 12.6. The molecule has 4 heteroatoms. The van der Waals surface area contributed by atoms with Gasteiger partial charge in [-0.3, -0.25) is 9.59 Å². The SMILES string of the molecule is CC(C)(C)CC(NC(=O)[C@@H]1CC[C@H](C(=O)O)C1)c1ccccc1. The van der Waals surface area contributed by atoms with E-state index in [1.54, 1.807) is 0 Å². The van der Waals surface area contributed by atoms with Crippen LogP contribution in [0.5, 0.6) is 0 Å². The Kier molecular flexibility index (Phi) is 5.45. The highest BCUT2D eigenvalue weighted by Gasteiger charge is 2.35. The maximum Gasteiger partial charge on any atom is 0.306 e. The van der Waals surface area contributed by atoms with Gasteiger partial charge in [-0.2, -0.15) is 0 Å². The van der Waals surface area contributed by atoms with E-state index < -0.39 is 5.97 Å². The van der Waals surface area contributed by atoms with E-state index in [0.29, 0.717) is 19.3 Å². The number of carboxylic acid groups (broad SMARTS) is 1. The minimum absolute atomic E-state index is 0.00754. The smallest absolute Gasteiger partial charge is 0.306 e. The summed E-state index contributed by atoms with van der Waals surface area (Å²) in [6, 6.07) is 9.96. The minimum Gasteiger partial charge on any atom is -0.481 e. The van der Waals surface area contributed by atoms with Crippen molar-refractivity contribution < 1.29 is 14.7 Å². The van der Waals surface area contributed by atoms with Gasteiger partial charge in [0.05, 0.1) is 12.0 Å². The summed E-state index contributed by atoms with van der Waals surface area (Å²) in [6.45, 7) is 6.47. The van der Waals surface area contributed by atoms with Gasteiger partial charge in [-0.05, 0) is 36.7 Å². The molecule has 0 spiro atoms. The Morgan fingerprint density at radius 1 is 1.17 bits per heavy atom. The van der Waals surface area contributed by atoms with E-state index in [1.807, 2.05) is 30.3 Å². The first-order valence-electron chi connectivity index (χ1n) is 8.34. The van der Waals surface area contributed by atoms with Crippen LogP contribution in [0, 0.1) is 17.3 Å². The van der Waals surface area contributed by atoms with Crippen LogP contribution >= 0.6 is 0 Å². The second kappa shape index (κ2) is 7.16. The average molecular weight is 317 g/mol. The molecule has 2 N–H and O–H groups in total. The predicted octanol–water partition coefficient (Wildman–Crippen LogP) is 3.78. The highest BCUT2D eigenvalue weighted by Crippen LogP contribution is 2.33. The molecule has 23 heavy (non-hydrogen) atoms. The van der Waals surface area contributed by atoms with Gasteiger partial charge in [-0.1, -0.05) is 51.1 Å². The molecule has 1 unspecified atom stereocenters. The van der Waals surface area contributed by atoms with E-state index in [-0.39, 0.29) is 29.2 Å². The van der Waals surface area contributed by atoms with Crippen molar-refractivity contribution in [3.8, 4) is 0 Å². The average Bonchev–Trinajstić information content (AvgIpc) is 2.96. The number of carbonyl (C=O) groups excluding carboxylic acids is 1. The molecule has 3 atom stereocenters. The molecule has 0 heterocycles. The zero-order valence-electron chi connectivity index (χ0n) is 14.2. The van der Waals surface area contributed by atoms with E-state index in [1.165, 1.54) is 0 Å². The lowest BCUT2D eigenvalue weighted by atomic mass is 9.85. The number of benzene rings is 1. The van der Waals surface area contributed by atoms with Crippen molar-refractivity contribution >= 4 is 11.9 Å². The van der Waals surface area contributed by atoms with Gasteiger partial charge in [0.2, 0.25) is 5.91 Å². The lowest BCUT2D eigenvalue weighted by molar-refractivity contribution is -0.141. The molecule has 1 amide bonds. The van der Waals surface area contributed by atoms with Crippen LogP contribution in [0.1, 0.15) is 58.1 Å². The van der Waals surface area contributed by atoms with Crippen molar-refractivity contribution in [2.45, 2.75) is 52.5 Å². The highest BCUT2D eigenvalue weighted by molar-refractivity contribution is 5.81. The van der Waals surface area contributed by atoms with Crippen LogP contribution < -0.4 is 5.32 Å². The molecule has 1 fully saturated rings. The summed E-state index contributed by atoms with van der Waals surface area (Å²) in [5.74, 6) is -1.34. The van der Waals surface area contributed by atoms with Crippen LogP contribution in [0.3, 0.4) is 0 Å². The second-order valence-electron chi connectivity index (χ2n) is 7.78. The Bertz CT molecular complexity index is 547. The standard InChI is InChI=1S/C19H27NO3/c1-19(2,3)12-16(13-7-5-4-6-8-13)20-17(21)14-9-10-15(11-14)18(22)23/h4-8,14-16H,9-12H2,1-3H3,(H,20,21)(H,22,23)/t14-,15+,16?/m1/s1. The van der Waals surface area contributed by atoms with Crippen molar-refractivity contribution in [1.29, 1.82) is 0 Å². The van der Waals surface area contributed by atoms with Gasteiger partial charge < -0.3 is 10.4 Å². The highest BCUT2D eigenvalue weighted by atomic mass is 16.4. The van der Waals surface area contributed by atoms with E-state index in [0.717, 1.165) is 12.0 Å². The van der Waals surface area contributed by atoms with Gasteiger partial charge in [-0.15, -0.1) is 0 Å². The number of carbonyl (C=O) groups is 2. The van der Waals surface area contributed by atoms with E-state index in [9.17, 15) is 9.59 Å². The number of nitrogens with one attached hydrogen (secondary N) is 1. The molecule has 126 valence electrons. The summed E-state index contributed by atoms with van der Waals surface area (Å²) < 4.78 is 0. The summed E-state index contributed by atoms with van der Waals surface area (Å²) >= 11 is 0. The molecule has 1 aromatic carbocycles. The van der Waals surface area contributed by atoms with Crippen molar-refractivity contribution in [3.05, 3.63) is 35.9 Å². The first-order valence-corrected chi connectivity index (χ1v) is 8.34. The fourth-order valence-electron chi connectivity index (χ4n) is 3.28. The fraction of sp³-hybridized carbons (Fsp3) is 0.579. The third-order valence-electron chi connectivity index (χ3n) is 4.49. The lowest BCUT2D eigenvalue weighted by Crippen LogP contribution is -2.35. The minimum atomic E-state index is -0.783. The number of rotatable bonds is 5. The van der Waals surface area contributed by atoms with Gasteiger partial charge in [0, 0.05) is 5.92 Å². The third-order valence-corrected chi connectivity index (χ3v) is 4.49. The molecule has 0 aromatic heterocycles. The largest absolute Gasteiger partial charge is 0.481 e. The van der Waals surface area contributed by atoms with Crippen LogP contribution in [0.15, 0.2) is 30.3 Å². The monoisotopic (exact) mass is 317 g/mol. The number of amides is 1. The molecule has 1 aliphatic carbocycles. The molecule has 0 bridgehead atoms. The molecule has 0 saturated heterocycles. The van der Waals surface area contributed by atoms with Gasteiger partial charge in [-0.25, -0.2) is 0 Å². The summed E-state index contributed by atoms with van der Waals surface area (Å²) in [5.41, 5.74) is 1.19. The Hall–Kier alpha value is -1.84. The van der Waals surface area contributed by atoms with Crippen LogP contribution in [0.4, 0.5) is 0 Å². The quantitative estimate of drug-likeness (QED) is 0.868. The van der Waals surface area contributed by atoms with Crippen LogP contribution in [-0.4, -0.2) is 17.0 Å². The maximum atomic E-state index is 12.6. The molecule has 2 rings (SSSR count). The van der Waals surface area contributed by atoms with E-state index in [2.05, 4.69) is 26.1 Å². The molecule has 1 aliphatic rings. The number of carboxylic acids is 1. The zero-order chi connectivity index (χ0) is 17.0. The fourth-order valence-corrected chi connectivity index (χ4v) is 3.28. The Labute approximate surface area is 138 Å². The lowest BCUT2D eigenvalue weighted by Gasteiger charge is -2.28. The number of aliphatic carboxylic acids is 1. The summed E-state index contributed by atoms with van der Waals surface area (Å²) in [6.07, 6.45) is 2.57. The Morgan fingerprint density at radius 2 is 1.78 bits per heavy atom. The molecule has 1 saturated carbocycles. The molecular weight excluding hydrogens is 290 g/mol. The topological polar surface area (TPSA) is 66.4 Å². The molecule has 0 radical (unpaired) electrons. The van der Waals surface area contributed by atoms with Crippen LogP contribution in [0.25, 0.3) is 0 Å². The van der Waals surface area contributed by atoms with Crippen LogP contribution in [-0.2, 0) is 9.59 Å². The molecule has 4 nitrogen and oxygen atoms in total.